The average Bonchev–Trinajstić information content (AvgIpc) is 2.45. The summed E-state index contributed by atoms with van der Waals surface area (Å²) in [5.41, 5.74) is 5.88. The highest BCUT2D eigenvalue weighted by molar-refractivity contribution is 8.00. The molecule has 0 saturated carbocycles. The summed E-state index contributed by atoms with van der Waals surface area (Å²) in [6.45, 7) is 8.33. The molecule has 1 heterocycles. The number of hydrogen-bond acceptors (Lipinski definition) is 3. The van der Waals surface area contributed by atoms with Crippen molar-refractivity contribution in [2.75, 3.05) is 5.75 Å². The molecular formula is C11H23NOS. The fraction of sp³-hybridized carbons (Fsp3) is 1.00. The summed E-state index contributed by atoms with van der Waals surface area (Å²) in [5.74, 6) is 1.09. The number of aliphatic hydroxyl groups excluding tert-OH is 1. The van der Waals surface area contributed by atoms with Crippen LogP contribution in [0.1, 0.15) is 40.5 Å². The minimum absolute atomic E-state index is 0.118. The first kappa shape index (κ1) is 12.3. The van der Waals surface area contributed by atoms with Crippen molar-refractivity contribution in [3.05, 3.63) is 0 Å². The topological polar surface area (TPSA) is 46.2 Å². The van der Waals surface area contributed by atoms with Crippen LogP contribution in [-0.2, 0) is 0 Å². The maximum atomic E-state index is 10.3. The zero-order chi connectivity index (χ0) is 11.0. The first-order chi connectivity index (χ1) is 6.32. The summed E-state index contributed by atoms with van der Waals surface area (Å²) in [7, 11) is 0. The van der Waals surface area contributed by atoms with Crippen LogP contribution in [0.2, 0.25) is 0 Å². The van der Waals surface area contributed by atoms with E-state index in [-0.39, 0.29) is 11.0 Å². The van der Waals surface area contributed by atoms with Gasteiger partial charge in [-0.25, -0.2) is 0 Å². The molecule has 1 unspecified atom stereocenters. The molecule has 0 aliphatic carbocycles. The van der Waals surface area contributed by atoms with Gasteiger partial charge in [-0.2, -0.15) is 11.8 Å². The molecule has 0 radical (unpaired) electrons. The summed E-state index contributed by atoms with van der Waals surface area (Å²) < 4.78 is 0. The Morgan fingerprint density at radius 2 is 2.14 bits per heavy atom. The van der Waals surface area contributed by atoms with Crippen molar-refractivity contribution in [2.45, 2.75) is 57.4 Å². The molecule has 1 aliphatic heterocycles. The van der Waals surface area contributed by atoms with E-state index in [2.05, 4.69) is 27.7 Å². The van der Waals surface area contributed by atoms with Gasteiger partial charge in [0.25, 0.3) is 0 Å². The van der Waals surface area contributed by atoms with Crippen LogP contribution in [0, 0.1) is 5.41 Å². The first-order valence-electron chi connectivity index (χ1n) is 5.41. The van der Waals surface area contributed by atoms with Crippen LogP contribution in [0.5, 0.6) is 0 Å². The van der Waals surface area contributed by atoms with Gasteiger partial charge < -0.3 is 10.8 Å². The van der Waals surface area contributed by atoms with E-state index in [0.717, 1.165) is 18.6 Å². The zero-order valence-electron chi connectivity index (χ0n) is 9.71. The first-order valence-corrected chi connectivity index (χ1v) is 6.45. The van der Waals surface area contributed by atoms with Crippen molar-refractivity contribution in [2.24, 2.45) is 11.1 Å². The standard InChI is InChI=1S/C11H23NOS/c1-5-8-11(12,6-7-14-8)9(13)10(2,3)4/h8-9,13H,5-7,12H2,1-4H3/t8?,9-,11+/m1/s1. The normalized spacial score (nSPS) is 36.0. The molecule has 2 nitrogen and oxygen atoms in total. The fourth-order valence-corrected chi connectivity index (χ4v) is 3.86. The number of nitrogens with two attached hydrogens (primary N) is 1. The third-order valence-corrected chi connectivity index (χ3v) is 4.77. The van der Waals surface area contributed by atoms with E-state index in [1.807, 2.05) is 11.8 Å². The lowest BCUT2D eigenvalue weighted by Crippen LogP contribution is -2.60. The molecule has 0 aromatic heterocycles. The van der Waals surface area contributed by atoms with Crippen LogP contribution >= 0.6 is 11.8 Å². The second-order valence-corrected chi connectivity index (χ2v) is 6.71. The summed E-state index contributed by atoms with van der Waals surface area (Å²) in [4.78, 5) is 0. The van der Waals surface area contributed by atoms with Crippen LogP contribution < -0.4 is 5.73 Å². The van der Waals surface area contributed by atoms with Crippen molar-refractivity contribution in [1.82, 2.24) is 0 Å². The van der Waals surface area contributed by atoms with E-state index in [9.17, 15) is 5.11 Å². The molecule has 3 N–H and O–H groups in total. The van der Waals surface area contributed by atoms with Crippen LogP contribution in [0.25, 0.3) is 0 Å². The summed E-state index contributed by atoms with van der Waals surface area (Å²) in [6, 6.07) is 0. The van der Waals surface area contributed by atoms with Crippen LogP contribution in [0.4, 0.5) is 0 Å². The lowest BCUT2D eigenvalue weighted by molar-refractivity contribution is -0.00463. The Labute approximate surface area is 91.6 Å². The second kappa shape index (κ2) is 4.03. The Kier molecular flexibility index (Phi) is 3.55. The third-order valence-electron chi connectivity index (χ3n) is 3.15. The second-order valence-electron chi connectivity index (χ2n) is 5.40. The minimum atomic E-state index is -0.407. The number of hydrogen-bond donors (Lipinski definition) is 2. The number of thioether (sulfide) groups is 1. The molecule has 0 bridgehead atoms. The van der Waals surface area contributed by atoms with E-state index in [1.54, 1.807) is 0 Å². The SMILES string of the molecule is CCC1SCC[C@@]1(N)[C@H](O)C(C)(C)C. The molecule has 0 aromatic rings. The highest BCUT2D eigenvalue weighted by atomic mass is 32.2. The zero-order valence-corrected chi connectivity index (χ0v) is 10.5. The molecule has 1 aliphatic rings. The Morgan fingerprint density at radius 3 is 2.57 bits per heavy atom. The van der Waals surface area contributed by atoms with Crippen LogP contribution in [0.3, 0.4) is 0 Å². The van der Waals surface area contributed by atoms with Gasteiger partial charge in [0.1, 0.15) is 0 Å². The van der Waals surface area contributed by atoms with Gasteiger partial charge in [-0.15, -0.1) is 0 Å². The fourth-order valence-electron chi connectivity index (χ4n) is 2.31. The lowest BCUT2D eigenvalue weighted by atomic mass is 9.73. The summed E-state index contributed by atoms with van der Waals surface area (Å²) in [6.07, 6.45) is 1.58. The van der Waals surface area contributed by atoms with Gasteiger partial charge in [0.05, 0.1) is 11.6 Å². The van der Waals surface area contributed by atoms with Crippen molar-refractivity contribution >= 4 is 11.8 Å². The highest BCUT2D eigenvalue weighted by Crippen LogP contribution is 2.42. The Balaban J connectivity index is 2.83. The van der Waals surface area contributed by atoms with E-state index in [0.29, 0.717) is 5.25 Å². The van der Waals surface area contributed by atoms with Gasteiger partial charge in [0, 0.05) is 5.25 Å². The highest BCUT2D eigenvalue weighted by Gasteiger charge is 2.48. The Bertz CT molecular complexity index is 202. The van der Waals surface area contributed by atoms with Gasteiger partial charge in [0.2, 0.25) is 0 Å². The summed E-state index contributed by atoms with van der Waals surface area (Å²) in [5, 5.41) is 10.7. The minimum Gasteiger partial charge on any atom is -0.391 e. The van der Waals surface area contributed by atoms with Crippen molar-refractivity contribution in [3.8, 4) is 0 Å². The molecule has 84 valence electrons. The Hall–Kier alpha value is 0.270. The van der Waals surface area contributed by atoms with Gasteiger partial charge >= 0.3 is 0 Å². The monoisotopic (exact) mass is 217 g/mol. The number of rotatable bonds is 2. The molecule has 0 aromatic carbocycles. The van der Waals surface area contributed by atoms with E-state index < -0.39 is 6.10 Å². The molecule has 3 heteroatoms. The predicted molar refractivity (Wildman–Crippen MR) is 63.5 cm³/mol. The molecule has 1 rings (SSSR count). The van der Waals surface area contributed by atoms with Gasteiger partial charge in [0.15, 0.2) is 0 Å². The molecular weight excluding hydrogens is 194 g/mol. The molecule has 14 heavy (non-hydrogen) atoms. The number of aliphatic hydroxyl groups is 1. The third kappa shape index (κ3) is 2.10. The van der Waals surface area contributed by atoms with Crippen LogP contribution in [-0.4, -0.2) is 27.8 Å². The van der Waals surface area contributed by atoms with Gasteiger partial charge in [-0.1, -0.05) is 27.7 Å². The van der Waals surface area contributed by atoms with Gasteiger partial charge in [-0.05, 0) is 24.0 Å². The van der Waals surface area contributed by atoms with Crippen LogP contribution in [0.15, 0.2) is 0 Å². The van der Waals surface area contributed by atoms with Crippen molar-refractivity contribution in [3.63, 3.8) is 0 Å². The molecule has 0 spiro atoms. The maximum absolute atomic E-state index is 10.3. The molecule has 1 fully saturated rings. The summed E-state index contributed by atoms with van der Waals surface area (Å²) >= 11 is 1.91. The largest absolute Gasteiger partial charge is 0.391 e. The van der Waals surface area contributed by atoms with Crippen molar-refractivity contribution < 1.29 is 5.11 Å². The lowest BCUT2D eigenvalue weighted by Gasteiger charge is -2.42. The molecule has 3 atom stereocenters. The van der Waals surface area contributed by atoms with Gasteiger partial charge in [-0.3, -0.25) is 0 Å². The molecule has 1 saturated heterocycles. The van der Waals surface area contributed by atoms with E-state index >= 15 is 0 Å². The predicted octanol–water partition coefficient (Wildman–Crippen LogP) is 2.01. The molecule has 0 amide bonds. The average molecular weight is 217 g/mol. The van der Waals surface area contributed by atoms with Crippen molar-refractivity contribution in [1.29, 1.82) is 0 Å². The Morgan fingerprint density at radius 1 is 1.57 bits per heavy atom. The van der Waals surface area contributed by atoms with E-state index in [1.165, 1.54) is 0 Å². The van der Waals surface area contributed by atoms with E-state index in [4.69, 9.17) is 5.73 Å². The smallest absolute Gasteiger partial charge is 0.0778 e. The quantitative estimate of drug-likeness (QED) is 0.744. The maximum Gasteiger partial charge on any atom is 0.0778 e.